The van der Waals surface area contributed by atoms with Gasteiger partial charge in [-0.15, -0.1) is 24.8 Å². The van der Waals surface area contributed by atoms with E-state index in [1.54, 1.807) is 0 Å². The molecule has 1 aromatic carbocycles. The van der Waals surface area contributed by atoms with Crippen molar-refractivity contribution >= 4 is 34.7 Å². The van der Waals surface area contributed by atoms with Crippen molar-refractivity contribution < 1.29 is 8.42 Å². The first kappa shape index (κ1) is 18.7. The van der Waals surface area contributed by atoms with E-state index in [1.165, 1.54) is 11.1 Å². The third-order valence-corrected chi connectivity index (χ3v) is 5.82. The SMILES string of the molecule is Cc1ccc(CN2CCN[C@H]3CS(=O)(=O)C[C@H]32)cc1.Cl.Cl. The Bertz CT molecular complexity index is 563. The summed E-state index contributed by atoms with van der Waals surface area (Å²) in [7, 11) is -2.86. The molecule has 1 aromatic rings. The maximum absolute atomic E-state index is 11.8. The molecule has 0 aromatic heterocycles. The van der Waals surface area contributed by atoms with Crippen LogP contribution in [-0.2, 0) is 16.4 Å². The molecule has 0 aliphatic carbocycles. The summed E-state index contributed by atoms with van der Waals surface area (Å²) in [4.78, 5) is 2.32. The fraction of sp³-hybridized carbons (Fsp3) is 0.571. The topological polar surface area (TPSA) is 49.4 Å². The van der Waals surface area contributed by atoms with Gasteiger partial charge >= 0.3 is 0 Å². The molecule has 1 N–H and O–H groups in total. The highest BCUT2D eigenvalue weighted by atomic mass is 35.5. The molecular weight excluding hydrogens is 331 g/mol. The molecule has 0 amide bonds. The summed E-state index contributed by atoms with van der Waals surface area (Å²) in [5.74, 6) is 0.596. The van der Waals surface area contributed by atoms with Crippen LogP contribution in [0.1, 0.15) is 11.1 Å². The first-order valence-corrected chi connectivity index (χ1v) is 8.59. The zero-order chi connectivity index (χ0) is 13.5. The number of halogens is 2. The van der Waals surface area contributed by atoms with Crippen molar-refractivity contribution in [2.75, 3.05) is 24.6 Å². The van der Waals surface area contributed by atoms with Crippen LogP contribution in [0.2, 0.25) is 0 Å². The van der Waals surface area contributed by atoms with Crippen molar-refractivity contribution in [1.82, 2.24) is 10.2 Å². The quantitative estimate of drug-likeness (QED) is 0.874. The maximum atomic E-state index is 11.8. The number of fused-ring (bicyclic) bond motifs is 1. The predicted molar refractivity (Wildman–Crippen MR) is 90.3 cm³/mol. The number of piperazine rings is 1. The van der Waals surface area contributed by atoms with Crippen LogP contribution >= 0.6 is 24.8 Å². The fourth-order valence-corrected chi connectivity index (χ4v) is 5.05. The van der Waals surface area contributed by atoms with Gasteiger partial charge in [-0.2, -0.15) is 0 Å². The lowest BCUT2D eigenvalue weighted by Gasteiger charge is -2.37. The molecule has 0 spiro atoms. The smallest absolute Gasteiger partial charge is 0.153 e. The minimum Gasteiger partial charge on any atom is -0.310 e. The van der Waals surface area contributed by atoms with Gasteiger partial charge in [0.25, 0.3) is 0 Å². The molecule has 2 aliphatic rings. The minimum atomic E-state index is -2.86. The van der Waals surface area contributed by atoms with Crippen LogP contribution < -0.4 is 5.32 Å². The van der Waals surface area contributed by atoms with Crippen LogP contribution in [0.4, 0.5) is 0 Å². The molecule has 0 bridgehead atoms. The van der Waals surface area contributed by atoms with Gasteiger partial charge in [0.05, 0.1) is 11.5 Å². The molecule has 2 saturated heterocycles. The summed E-state index contributed by atoms with van der Waals surface area (Å²) >= 11 is 0. The molecule has 0 saturated carbocycles. The highest BCUT2D eigenvalue weighted by Gasteiger charge is 2.42. The molecule has 2 fully saturated rings. The van der Waals surface area contributed by atoms with E-state index >= 15 is 0 Å². The third-order valence-electron chi connectivity index (χ3n) is 4.10. The van der Waals surface area contributed by atoms with E-state index in [2.05, 4.69) is 41.4 Å². The Morgan fingerprint density at radius 3 is 2.52 bits per heavy atom. The van der Waals surface area contributed by atoms with Gasteiger partial charge in [-0.3, -0.25) is 4.90 Å². The molecule has 7 heteroatoms. The van der Waals surface area contributed by atoms with Gasteiger partial charge in [0.15, 0.2) is 9.84 Å². The summed E-state index contributed by atoms with van der Waals surface area (Å²) < 4.78 is 23.5. The lowest BCUT2D eigenvalue weighted by molar-refractivity contribution is 0.141. The summed E-state index contributed by atoms with van der Waals surface area (Å²) in [5.41, 5.74) is 2.51. The number of sulfone groups is 1. The Morgan fingerprint density at radius 2 is 1.86 bits per heavy atom. The normalized spacial score (nSPS) is 27.3. The van der Waals surface area contributed by atoms with Crippen molar-refractivity contribution in [3.8, 4) is 0 Å². The molecule has 120 valence electrons. The maximum Gasteiger partial charge on any atom is 0.153 e. The second-order valence-electron chi connectivity index (χ2n) is 5.66. The highest BCUT2D eigenvalue weighted by Crippen LogP contribution is 2.23. The van der Waals surface area contributed by atoms with Crippen LogP contribution in [0.25, 0.3) is 0 Å². The number of hydrogen-bond donors (Lipinski definition) is 1. The number of rotatable bonds is 2. The number of aryl methyl sites for hydroxylation is 1. The lowest BCUT2D eigenvalue weighted by Crippen LogP contribution is -2.56. The van der Waals surface area contributed by atoms with Crippen molar-refractivity contribution in [2.24, 2.45) is 0 Å². The molecule has 21 heavy (non-hydrogen) atoms. The van der Waals surface area contributed by atoms with Crippen molar-refractivity contribution in [3.05, 3.63) is 35.4 Å². The number of nitrogens with zero attached hydrogens (tertiary/aromatic N) is 1. The van der Waals surface area contributed by atoms with Crippen molar-refractivity contribution in [2.45, 2.75) is 25.6 Å². The standard InChI is InChI=1S/C14H20N2O2S.2ClH/c1-11-2-4-12(5-3-11)8-16-7-6-15-13-9-19(17,18)10-14(13)16;;/h2-5,13-15H,6-10H2,1H3;2*1H/t13-,14+;;/m0../s1. The Hall–Kier alpha value is -0.330. The number of nitrogens with one attached hydrogen (secondary N) is 1. The van der Waals surface area contributed by atoms with E-state index in [9.17, 15) is 8.42 Å². The average Bonchev–Trinajstić information content (AvgIpc) is 2.67. The average molecular weight is 353 g/mol. The zero-order valence-electron chi connectivity index (χ0n) is 12.0. The largest absolute Gasteiger partial charge is 0.310 e. The second kappa shape index (κ2) is 7.29. The number of hydrogen-bond acceptors (Lipinski definition) is 4. The van der Waals surface area contributed by atoms with Crippen LogP contribution in [0.5, 0.6) is 0 Å². The molecule has 2 aliphatic heterocycles. The first-order chi connectivity index (χ1) is 9.03. The second-order valence-corrected chi connectivity index (χ2v) is 7.81. The number of benzene rings is 1. The van der Waals surface area contributed by atoms with E-state index in [0.29, 0.717) is 11.5 Å². The summed E-state index contributed by atoms with van der Waals surface area (Å²) in [6.45, 7) is 4.72. The van der Waals surface area contributed by atoms with E-state index in [4.69, 9.17) is 0 Å². The molecule has 0 radical (unpaired) electrons. The van der Waals surface area contributed by atoms with Crippen LogP contribution in [0.15, 0.2) is 24.3 Å². The lowest BCUT2D eigenvalue weighted by atomic mass is 10.1. The first-order valence-electron chi connectivity index (χ1n) is 6.77. The zero-order valence-corrected chi connectivity index (χ0v) is 14.4. The van der Waals surface area contributed by atoms with E-state index in [0.717, 1.165) is 19.6 Å². The summed E-state index contributed by atoms with van der Waals surface area (Å²) in [6.07, 6.45) is 0. The minimum absolute atomic E-state index is 0. The Balaban J connectivity index is 0.00000110. The van der Waals surface area contributed by atoms with Gasteiger partial charge in [-0.1, -0.05) is 29.8 Å². The van der Waals surface area contributed by atoms with Crippen LogP contribution in [0.3, 0.4) is 0 Å². The van der Waals surface area contributed by atoms with Gasteiger partial charge in [-0.05, 0) is 12.5 Å². The Kier molecular flexibility index (Phi) is 6.50. The van der Waals surface area contributed by atoms with E-state index in [-0.39, 0.29) is 36.9 Å². The van der Waals surface area contributed by atoms with Crippen molar-refractivity contribution in [3.63, 3.8) is 0 Å². The van der Waals surface area contributed by atoms with Gasteiger partial charge in [0.1, 0.15) is 0 Å². The molecule has 4 nitrogen and oxygen atoms in total. The molecular formula is C14H22Cl2N2O2S. The monoisotopic (exact) mass is 352 g/mol. The van der Waals surface area contributed by atoms with E-state index in [1.807, 2.05) is 0 Å². The molecule has 0 unspecified atom stereocenters. The fourth-order valence-electron chi connectivity index (χ4n) is 3.07. The Morgan fingerprint density at radius 1 is 1.19 bits per heavy atom. The molecule has 2 heterocycles. The molecule has 2 atom stereocenters. The van der Waals surface area contributed by atoms with Gasteiger partial charge < -0.3 is 5.32 Å². The highest BCUT2D eigenvalue weighted by molar-refractivity contribution is 7.91. The van der Waals surface area contributed by atoms with Crippen LogP contribution in [0, 0.1) is 6.92 Å². The van der Waals surface area contributed by atoms with Crippen molar-refractivity contribution in [1.29, 1.82) is 0 Å². The van der Waals surface area contributed by atoms with Crippen LogP contribution in [-0.4, -0.2) is 50.0 Å². The summed E-state index contributed by atoms with van der Waals surface area (Å²) in [6, 6.07) is 8.75. The van der Waals surface area contributed by atoms with E-state index < -0.39 is 9.84 Å². The van der Waals surface area contributed by atoms with Gasteiger partial charge in [0.2, 0.25) is 0 Å². The summed E-state index contributed by atoms with van der Waals surface area (Å²) in [5, 5.41) is 3.34. The Labute approximate surface area is 139 Å². The van der Waals surface area contributed by atoms with Gasteiger partial charge in [0, 0.05) is 31.7 Å². The van der Waals surface area contributed by atoms with Gasteiger partial charge in [-0.25, -0.2) is 8.42 Å². The third kappa shape index (κ3) is 4.33. The molecule has 3 rings (SSSR count). The predicted octanol–water partition coefficient (Wildman–Crippen LogP) is 1.41.